The number of aromatic amines is 1. The second-order valence-electron chi connectivity index (χ2n) is 6.58. The fourth-order valence-corrected chi connectivity index (χ4v) is 7.12. The number of aromatic nitrogens is 4. The van der Waals surface area contributed by atoms with E-state index >= 15 is 0 Å². The number of aliphatic hydroxyl groups excluding tert-OH is 2. The van der Waals surface area contributed by atoms with Gasteiger partial charge in [0.2, 0.25) is 5.95 Å². The zero-order valence-corrected chi connectivity index (χ0v) is 18.2. The van der Waals surface area contributed by atoms with E-state index in [0.29, 0.717) is 0 Å². The van der Waals surface area contributed by atoms with Crippen molar-refractivity contribution < 1.29 is 57.1 Å². The number of nitrogens with zero attached hydrogens (tertiary/aromatic N) is 3. The Morgan fingerprint density at radius 3 is 2.53 bits per heavy atom. The lowest BCUT2D eigenvalue weighted by atomic mass is 10.1. The number of phosphoric acid groups is 1. The maximum Gasteiger partial charge on any atom is 0.479 e. The number of phosphoric ester groups is 1. The molecule has 32 heavy (non-hydrogen) atoms. The van der Waals surface area contributed by atoms with Crippen molar-refractivity contribution in [3.05, 3.63) is 16.7 Å². The Morgan fingerprint density at radius 1 is 1.25 bits per heavy atom. The monoisotopic (exact) mass is 520 g/mol. The smallest absolute Gasteiger partial charge is 0.479 e. The van der Waals surface area contributed by atoms with Crippen molar-refractivity contribution in [2.75, 3.05) is 18.2 Å². The molecule has 18 nitrogen and oxygen atoms in total. The minimum atomic E-state index is -5.38. The summed E-state index contributed by atoms with van der Waals surface area (Å²) in [6, 6.07) is 0. The van der Waals surface area contributed by atoms with Gasteiger partial charge in [0.05, 0.1) is 12.9 Å². The summed E-state index contributed by atoms with van der Waals surface area (Å²) >= 11 is 0. The van der Waals surface area contributed by atoms with Crippen LogP contribution in [0, 0.1) is 0 Å². The molecule has 1 aliphatic heterocycles. The average molecular weight is 520 g/mol. The first kappa shape index (κ1) is 25.1. The molecule has 0 aromatic carbocycles. The zero-order chi connectivity index (χ0) is 24.1. The van der Waals surface area contributed by atoms with Gasteiger partial charge in [-0.15, -0.1) is 0 Å². The first-order valence-electron chi connectivity index (χ1n) is 8.36. The van der Waals surface area contributed by atoms with Gasteiger partial charge in [0.1, 0.15) is 31.8 Å². The lowest BCUT2D eigenvalue weighted by Gasteiger charge is -2.22. The van der Waals surface area contributed by atoms with Crippen LogP contribution in [0.3, 0.4) is 0 Å². The molecule has 2 aromatic rings. The van der Waals surface area contributed by atoms with Crippen molar-refractivity contribution in [3.8, 4) is 0 Å². The highest BCUT2D eigenvalue weighted by Crippen LogP contribution is 2.64. The third-order valence-corrected chi connectivity index (χ3v) is 9.23. The van der Waals surface area contributed by atoms with Gasteiger partial charge in [0, 0.05) is 0 Å². The summed E-state index contributed by atoms with van der Waals surface area (Å²) in [5.74, 6) is -2.12. The summed E-state index contributed by atoms with van der Waals surface area (Å²) in [5.41, 5.74) is 4.53. The minimum absolute atomic E-state index is 0.104. The van der Waals surface area contributed by atoms with Crippen LogP contribution in [0.1, 0.15) is 6.23 Å². The van der Waals surface area contributed by atoms with E-state index in [1.165, 1.54) is 0 Å². The molecule has 2 aromatic heterocycles. The molecule has 7 atom stereocenters. The average Bonchev–Trinajstić information content (AvgIpc) is 3.12. The molecule has 0 radical (unpaired) electrons. The number of nitrogens with two attached hydrogens (primary N) is 1. The Balaban J connectivity index is 1.72. The summed E-state index contributed by atoms with van der Waals surface area (Å²) in [6.45, 7) is -0.973. The number of aliphatic hydroxyl groups is 2. The molecule has 21 heteroatoms. The molecule has 1 saturated heterocycles. The number of nitrogen functional groups attached to an aromatic ring is 1. The van der Waals surface area contributed by atoms with E-state index < -0.39 is 65.6 Å². The molecule has 0 bridgehead atoms. The summed E-state index contributed by atoms with van der Waals surface area (Å²) in [7, 11) is -16.0. The van der Waals surface area contributed by atoms with Gasteiger partial charge in [-0.1, -0.05) is 0 Å². The maximum absolute atomic E-state index is 11.9. The van der Waals surface area contributed by atoms with E-state index in [-0.39, 0.29) is 17.1 Å². The Morgan fingerprint density at radius 2 is 1.91 bits per heavy atom. The molecular weight excluding hydrogens is 503 g/mol. The number of nitrogens with one attached hydrogen (secondary N) is 1. The van der Waals surface area contributed by atoms with E-state index in [1.54, 1.807) is 0 Å². The molecule has 180 valence electrons. The van der Waals surface area contributed by atoms with Crippen molar-refractivity contribution in [3.63, 3.8) is 0 Å². The standard InChI is InChI=1S/C11H18N5O13P3/c12-11-14-8-5(9(19)15-11)13-2-16(8)10-7(18)6(17)4(28-10)1-27-32(25,26)29-31(23,24)3-30(20,21)22/h2,4,6-7,10,17-18H,1,3H2,(H,23,24)(H,25,26)(H2,20,21,22)(H3,12,14,15,19)/p-1. The highest BCUT2D eigenvalue weighted by atomic mass is 31.3. The Bertz CT molecular complexity index is 1210. The zero-order valence-electron chi connectivity index (χ0n) is 15.6. The second kappa shape index (κ2) is 8.68. The van der Waals surface area contributed by atoms with Crippen molar-refractivity contribution in [2.45, 2.75) is 24.5 Å². The maximum atomic E-state index is 11.9. The Hall–Kier alpha value is -1.52. The number of hydrogen-bond donors (Lipinski definition) is 7. The highest BCUT2D eigenvalue weighted by Gasteiger charge is 2.46. The van der Waals surface area contributed by atoms with Crippen LogP contribution >= 0.6 is 23.0 Å². The van der Waals surface area contributed by atoms with Gasteiger partial charge >= 0.3 is 15.4 Å². The molecule has 3 rings (SSSR count). The highest BCUT2D eigenvalue weighted by molar-refractivity contribution is 7.73. The van der Waals surface area contributed by atoms with Crippen LogP contribution in [0.25, 0.3) is 11.2 Å². The fourth-order valence-electron chi connectivity index (χ4n) is 2.83. The molecule has 0 saturated carbocycles. The predicted octanol–water partition coefficient (Wildman–Crippen LogP) is -2.86. The Kier molecular flexibility index (Phi) is 6.81. The third-order valence-electron chi connectivity index (χ3n) is 4.05. The normalized spacial score (nSPS) is 29.4. The number of anilines is 1. The number of ether oxygens (including phenoxy) is 1. The van der Waals surface area contributed by atoms with E-state index in [2.05, 4.69) is 23.8 Å². The molecule has 0 spiro atoms. The van der Waals surface area contributed by atoms with Crippen LogP contribution in [0.15, 0.2) is 11.1 Å². The quantitative estimate of drug-likeness (QED) is 0.172. The van der Waals surface area contributed by atoms with Gasteiger partial charge in [0.15, 0.2) is 17.4 Å². The van der Waals surface area contributed by atoms with Crippen LogP contribution in [-0.2, 0) is 27.3 Å². The minimum Gasteiger partial charge on any atom is -0.778 e. The number of hydrogen-bond acceptors (Lipinski definition) is 13. The van der Waals surface area contributed by atoms with Crippen LogP contribution in [-0.4, -0.2) is 75.2 Å². The Labute approximate surface area is 176 Å². The summed E-state index contributed by atoms with van der Waals surface area (Å²) < 4.78 is 48.9. The molecule has 7 unspecified atom stereocenters. The van der Waals surface area contributed by atoms with Gasteiger partial charge in [-0.25, -0.2) is 13.9 Å². The lowest BCUT2D eigenvalue weighted by Crippen LogP contribution is -2.33. The van der Waals surface area contributed by atoms with Gasteiger partial charge in [-0.3, -0.25) is 23.4 Å². The lowest BCUT2D eigenvalue weighted by molar-refractivity contribution is -0.192. The summed E-state index contributed by atoms with van der Waals surface area (Å²) in [5, 5.41) is 20.4. The SMILES string of the molecule is Nc1nc2c(ncn2C2OC(COP(=O)(O)OP(=O)(O)CP(=O)([O-])O)C(O)C2O)c(=O)[nH]1. The molecule has 1 aliphatic rings. The predicted molar refractivity (Wildman–Crippen MR) is 99.9 cm³/mol. The second-order valence-corrected chi connectivity index (χ2v) is 12.1. The molecular formula is C11H17N5O13P3-. The first-order chi connectivity index (χ1) is 14.6. The van der Waals surface area contributed by atoms with E-state index in [4.69, 9.17) is 15.4 Å². The molecule has 1 fully saturated rings. The van der Waals surface area contributed by atoms with Crippen molar-refractivity contribution in [1.29, 1.82) is 0 Å². The number of H-pyrrole nitrogens is 1. The number of fused-ring (bicyclic) bond motifs is 1. The van der Waals surface area contributed by atoms with Gasteiger partial charge in [0.25, 0.3) is 5.56 Å². The van der Waals surface area contributed by atoms with Crippen LogP contribution in [0.5, 0.6) is 0 Å². The van der Waals surface area contributed by atoms with E-state index in [9.17, 15) is 43.4 Å². The third kappa shape index (κ3) is 5.69. The van der Waals surface area contributed by atoms with Crippen LogP contribution in [0.4, 0.5) is 5.95 Å². The topological polar surface area (TPSA) is 293 Å². The summed E-state index contributed by atoms with van der Waals surface area (Å²) in [6.07, 6.45) is -5.24. The summed E-state index contributed by atoms with van der Waals surface area (Å²) in [4.78, 5) is 59.9. The molecule has 3 heterocycles. The molecule has 8 N–H and O–H groups in total. The van der Waals surface area contributed by atoms with E-state index in [0.717, 1.165) is 10.9 Å². The number of imidazole rings is 1. The first-order valence-corrected chi connectivity index (χ1v) is 13.4. The van der Waals surface area contributed by atoms with Crippen molar-refractivity contribution >= 4 is 40.1 Å². The van der Waals surface area contributed by atoms with Crippen molar-refractivity contribution in [1.82, 2.24) is 19.5 Å². The molecule has 0 aliphatic carbocycles. The van der Waals surface area contributed by atoms with Gasteiger partial charge < -0.3 is 44.8 Å². The molecule has 0 amide bonds. The fraction of sp³-hybridized carbons (Fsp3) is 0.545. The van der Waals surface area contributed by atoms with Crippen LogP contribution < -0.4 is 16.2 Å². The largest absolute Gasteiger partial charge is 0.778 e. The number of rotatable bonds is 8. The van der Waals surface area contributed by atoms with Gasteiger partial charge in [-0.2, -0.15) is 4.98 Å². The van der Waals surface area contributed by atoms with Gasteiger partial charge in [-0.05, 0) is 0 Å². The van der Waals surface area contributed by atoms with Crippen molar-refractivity contribution in [2.24, 2.45) is 0 Å². The van der Waals surface area contributed by atoms with Crippen LogP contribution in [0.2, 0.25) is 0 Å². The van der Waals surface area contributed by atoms with E-state index in [1.807, 2.05) is 0 Å².